The zero-order valence-corrected chi connectivity index (χ0v) is 18.0. The van der Waals surface area contributed by atoms with Gasteiger partial charge in [-0.05, 0) is 49.1 Å². The van der Waals surface area contributed by atoms with Crippen molar-refractivity contribution < 1.29 is 9.53 Å². The normalized spacial score (nSPS) is 11.9. The average Bonchev–Trinajstić information content (AvgIpc) is 2.95. The zero-order chi connectivity index (χ0) is 19.4. The van der Waals surface area contributed by atoms with Gasteiger partial charge in [-0.25, -0.2) is 0 Å². The van der Waals surface area contributed by atoms with E-state index in [1.165, 1.54) is 16.9 Å². The van der Waals surface area contributed by atoms with Crippen molar-refractivity contribution in [3.8, 4) is 5.75 Å². The minimum Gasteiger partial charge on any atom is -0.482 e. The standard InChI is InChI=1S/C19H18Cl2N2O2S2/c1-12-3-5-15-17(9-12)27-19(23(15)7-8-26-2)22-18(24)11-25-16-6-4-13(20)10-14(16)21/h3-6,9-10H,7-8,11H2,1-2H3. The van der Waals surface area contributed by atoms with Gasteiger partial charge in [0.05, 0.1) is 15.2 Å². The highest BCUT2D eigenvalue weighted by Gasteiger charge is 2.10. The van der Waals surface area contributed by atoms with Crippen molar-refractivity contribution in [2.24, 2.45) is 4.99 Å². The summed E-state index contributed by atoms with van der Waals surface area (Å²) in [6, 6.07) is 11.1. The van der Waals surface area contributed by atoms with Crippen LogP contribution in [0.4, 0.5) is 0 Å². The van der Waals surface area contributed by atoms with E-state index in [-0.39, 0.29) is 12.5 Å². The number of aromatic nitrogens is 1. The maximum absolute atomic E-state index is 12.4. The van der Waals surface area contributed by atoms with Gasteiger partial charge in [-0.1, -0.05) is 40.6 Å². The van der Waals surface area contributed by atoms with E-state index in [0.29, 0.717) is 20.6 Å². The molecule has 8 heteroatoms. The predicted octanol–water partition coefficient (Wildman–Crippen LogP) is 5.19. The molecule has 0 N–H and O–H groups in total. The molecule has 0 saturated carbocycles. The van der Waals surface area contributed by atoms with E-state index >= 15 is 0 Å². The van der Waals surface area contributed by atoms with E-state index in [1.807, 2.05) is 0 Å². The van der Waals surface area contributed by atoms with Gasteiger partial charge in [0.25, 0.3) is 5.91 Å². The fraction of sp³-hybridized carbons (Fsp3) is 0.263. The number of halogens is 2. The van der Waals surface area contributed by atoms with Gasteiger partial charge >= 0.3 is 0 Å². The number of carbonyl (C=O) groups is 1. The zero-order valence-electron chi connectivity index (χ0n) is 14.9. The minimum atomic E-state index is -0.359. The summed E-state index contributed by atoms with van der Waals surface area (Å²) in [6.07, 6.45) is 2.06. The van der Waals surface area contributed by atoms with E-state index in [2.05, 4.69) is 40.9 Å². The van der Waals surface area contributed by atoms with Gasteiger partial charge in [-0.2, -0.15) is 16.8 Å². The number of benzene rings is 2. The second-order valence-corrected chi connectivity index (χ2v) is 8.71. The van der Waals surface area contributed by atoms with E-state index in [1.54, 1.807) is 30.0 Å². The van der Waals surface area contributed by atoms with Crippen LogP contribution in [0.3, 0.4) is 0 Å². The molecule has 1 heterocycles. The SMILES string of the molecule is CSCCn1c(=NC(=O)COc2ccc(Cl)cc2Cl)sc2cc(C)ccc21. The lowest BCUT2D eigenvalue weighted by Crippen LogP contribution is -2.20. The Morgan fingerprint density at radius 3 is 2.81 bits per heavy atom. The molecular weight excluding hydrogens is 423 g/mol. The molecule has 4 nitrogen and oxygen atoms in total. The fourth-order valence-electron chi connectivity index (χ4n) is 2.54. The van der Waals surface area contributed by atoms with Crippen molar-refractivity contribution in [3.63, 3.8) is 0 Å². The van der Waals surface area contributed by atoms with E-state index in [0.717, 1.165) is 22.5 Å². The molecule has 0 saturated heterocycles. The molecule has 142 valence electrons. The van der Waals surface area contributed by atoms with E-state index < -0.39 is 0 Å². The third-order valence-corrected chi connectivity index (χ3v) is 5.99. The number of amides is 1. The van der Waals surface area contributed by atoms with Gasteiger partial charge in [-0.15, -0.1) is 0 Å². The number of hydrogen-bond acceptors (Lipinski definition) is 4. The second-order valence-electron chi connectivity index (χ2n) is 5.87. The van der Waals surface area contributed by atoms with Gasteiger partial charge in [-0.3, -0.25) is 4.79 Å². The smallest absolute Gasteiger partial charge is 0.286 e. The summed E-state index contributed by atoms with van der Waals surface area (Å²) < 4.78 is 8.70. The van der Waals surface area contributed by atoms with Crippen LogP contribution in [0.2, 0.25) is 10.0 Å². The van der Waals surface area contributed by atoms with Gasteiger partial charge in [0.2, 0.25) is 0 Å². The molecule has 0 spiro atoms. The summed E-state index contributed by atoms with van der Waals surface area (Å²) in [6.45, 7) is 2.66. The van der Waals surface area contributed by atoms with Crippen LogP contribution < -0.4 is 9.54 Å². The number of nitrogens with zero attached hydrogens (tertiary/aromatic N) is 2. The largest absolute Gasteiger partial charge is 0.482 e. The average molecular weight is 441 g/mol. The Hall–Kier alpha value is -1.47. The highest BCUT2D eigenvalue weighted by molar-refractivity contribution is 7.98. The van der Waals surface area contributed by atoms with Crippen LogP contribution in [0.1, 0.15) is 5.56 Å². The first-order valence-corrected chi connectivity index (χ1v) is 11.2. The molecule has 2 aromatic carbocycles. The van der Waals surface area contributed by atoms with E-state index in [9.17, 15) is 4.79 Å². The predicted molar refractivity (Wildman–Crippen MR) is 115 cm³/mol. The quantitative estimate of drug-likeness (QED) is 0.529. The van der Waals surface area contributed by atoms with Crippen molar-refractivity contribution in [2.45, 2.75) is 13.5 Å². The fourth-order valence-corrected chi connectivity index (χ4v) is 4.53. The topological polar surface area (TPSA) is 43.6 Å². The van der Waals surface area contributed by atoms with Gasteiger partial charge in [0.1, 0.15) is 5.75 Å². The Morgan fingerprint density at radius 2 is 2.07 bits per heavy atom. The summed E-state index contributed by atoms with van der Waals surface area (Å²) >= 11 is 15.2. The monoisotopic (exact) mass is 440 g/mol. The number of thiazole rings is 1. The van der Waals surface area contributed by atoms with Crippen molar-refractivity contribution >= 4 is 62.4 Å². The number of aryl methyl sites for hydroxylation is 2. The third kappa shape index (κ3) is 5.08. The molecule has 3 aromatic rings. The summed E-state index contributed by atoms with van der Waals surface area (Å²) in [7, 11) is 0. The third-order valence-electron chi connectivity index (χ3n) is 3.82. The van der Waals surface area contributed by atoms with Crippen LogP contribution in [0.5, 0.6) is 5.75 Å². The maximum Gasteiger partial charge on any atom is 0.286 e. The van der Waals surface area contributed by atoms with Gasteiger partial charge in [0.15, 0.2) is 11.4 Å². The van der Waals surface area contributed by atoms with Gasteiger partial charge < -0.3 is 9.30 Å². The molecule has 0 atom stereocenters. The Labute approximate surface area is 175 Å². The highest BCUT2D eigenvalue weighted by Crippen LogP contribution is 2.27. The molecule has 0 aliphatic carbocycles. The lowest BCUT2D eigenvalue weighted by molar-refractivity contribution is -0.120. The molecule has 0 radical (unpaired) electrons. The number of ether oxygens (including phenoxy) is 1. The Bertz CT molecular complexity index is 1040. The molecule has 0 aliphatic rings. The Balaban J connectivity index is 1.86. The number of rotatable bonds is 6. The van der Waals surface area contributed by atoms with Crippen LogP contribution in [-0.4, -0.2) is 29.1 Å². The van der Waals surface area contributed by atoms with Crippen LogP contribution >= 0.6 is 46.3 Å². The molecule has 0 aliphatic heterocycles. The lowest BCUT2D eigenvalue weighted by atomic mass is 10.2. The lowest BCUT2D eigenvalue weighted by Gasteiger charge is -2.06. The molecule has 0 unspecified atom stereocenters. The summed E-state index contributed by atoms with van der Waals surface area (Å²) in [5.41, 5.74) is 2.27. The molecule has 3 rings (SSSR count). The highest BCUT2D eigenvalue weighted by atomic mass is 35.5. The first-order valence-electron chi connectivity index (χ1n) is 8.22. The molecule has 1 aromatic heterocycles. The molecule has 27 heavy (non-hydrogen) atoms. The molecule has 0 fully saturated rings. The van der Waals surface area contributed by atoms with Gasteiger partial charge in [0, 0.05) is 17.3 Å². The summed E-state index contributed by atoms with van der Waals surface area (Å²) in [4.78, 5) is 17.3. The summed E-state index contributed by atoms with van der Waals surface area (Å²) in [5.74, 6) is 0.992. The number of fused-ring (bicyclic) bond motifs is 1. The van der Waals surface area contributed by atoms with Crippen molar-refractivity contribution in [1.29, 1.82) is 0 Å². The van der Waals surface area contributed by atoms with E-state index in [4.69, 9.17) is 27.9 Å². The number of hydrogen-bond donors (Lipinski definition) is 0. The van der Waals surface area contributed by atoms with Crippen LogP contribution in [-0.2, 0) is 11.3 Å². The Morgan fingerprint density at radius 1 is 1.26 bits per heavy atom. The Kier molecular flexibility index (Phi) is 6.87. The number of thioether (sulfide) groups is 1. The van der Waals surface area contributed by atoms with Crippen molar-refractivity contribution in [1.82, 2.24) is 4.57 Å². The van der Waals surface area contributed by atoms with Crippen LogP contribution in [0.25, 0.3) is 10.2 Å². The molecular formula is C19H18Cl2N2O2S2. The minimum absolute atomic E-state index is 0.183. The second kappa shape index (κ2) is 9.15. The maximum atomic E-state index is 12.4. The van der Waals surface area contributed by atoms with Crippen LogP contribution in [0.15, 0.2) is 41.4 Å². The number of carbonyl (C=O) groups excluding carboxylic acids is 1. The van der Waals surface area contributed by atoms with Crippen molar-refractivity contribution in [2.75, 3.05) is 18.6 Å². The first kappa shape index (κ1) is 20.3. The summed E-state index contributed by atoms with van der Waals surface area (Å²) in [5, 5.41) is 0.876. The van der Waals surface area contributed by atoms with Crippen LogP contribution in [0, 0.1) is 6.92 Å². The molecule has 0 bridgehead atoms. The molecule has 1 amide bonds. The van der Waals surface area contributed by atoms with Crippen molar-refractivity contribution in [3.05, 3.63) is 56.8 Å². The first-order chi connectivity index (χ1) is 13.0.